The zero-order chi connectivity index (χ0) is 24.8. The molecule has 35 heavy (non-hydrogen) atoms. The van der Waals surface area contributed by atoms with Crippen LogP contribution in [0.5, 0.6) is 0 Å². The van der Waals surface area contributed by atoms with Crippen LogP contribution in [-0.4, -0.2) is 17.4 Å². The number of carbonyl (C=O) groups is 1. The number of allylic oxidation sites excluding steroid dienone is 1. The first kappa shape index (κ1) is 23.7. The Morgan fingerprint density at radius 1 is 1.14 bits per heavy atom. The van der Waals surface area contributed by atoms with Gasteiger partial charge in [-0.05, 0) is 73.8 Å². The smallest absolute Gasteiger partial charge is 0.412 e. The summed E-state index contributed by atoms with van der Waals surface area (Å²) in [5, 5.41) is 6.69. The SMILES string of the molecule is Cc1noc(C#Cc2ccc3c(c2)CC(C2CC2)=C3)c1NC(=O)OC(C)c1ccccc1.O=C=O. The Balaban J connectivity index is 0.000000917. The predicted molar refractivity (Wildman–Crippen MR) is 128 cm³/mol. The lowest BCUT2D eigenvalue weighted by molar-refractivity contribution is -0.191. The third kappa shape index (κ3) is 5.94. The second-order valence-corrected chi connectivity index (χ2v) is 8.47. The zero-order valence-corrected chi connectivity index (χ0v) is 19.5. The molecular formula is C28H24N2O5. The van der Waals surface area contributed by atoms with E-state index < -0.39 is 6.09 Å². The minimum atomic E-state index is -0.577. The quantitative estimate of drug-likeness (QED) is 0.511. The second-order valence-electron chi connectivity index (χ2n) is 8.47. The number of rotatable bonds is 4. The molecule has 0 bridgehead atoms. The van der Waals surface area contributed by atoms with Crippen LogP contribution in [-0.2, 0) is 20.7 Å². The van der Waals surface area contributed by atoms with Crippen LogP contribution in [0.25, 0.3) is 6.08 Å². The van der Waals surface area contributed by atoms with E-state index in [0.717, 1.165) is 23.5 Å². The van der Waals surface area contributed by atoms with Gasteiger partial charge in [0.05, 0.1) is 0 Å². The van der Waals surface area contributed by atoms with Gasteiger partial charge in [0.1, 0.15) is 17.5 Å². The molecule has 3 aromatic rings. The van der Waals surface area contributed by atoms with Crippen LogP contribution in [0.4, 0.5) is 10.5 Å². The zero-order valence-electron chi connectivity index (χ0n) is 19.5. The number of ether oxygens (including phenoxy) is 1. The molecule has 0 aliphatic heterocycles. The lowest BCUT2D eigenvalue weighted by Crippen LogP contribution is -2.16. The van der Waals surface area contributed by atoms with Gasteiger partial charge in [-0.15, -0.1) is 0 Å². The summed E-state index contributed by atoms with van der Waals surface area (Å²) in [5.41, 5.74) is 6.98. The normalized spacial score (nSPS) is 14.2. The first-order valence-electron chi connectivity index (χ1n) is 11.3. The highest BCUT2D eigenvalue weighted by Gasteiger charge is 2.28. The summed E-state index contributed by atoms with van der Waals surface area (Å²) in [6.07, 6.45) is 5.28. The van der Waals surface area contributed by atoms with Crippen molar-refractivity contribution in [3.63, 3.8) is 0 Å². The lowest BCUT2D eigenvalue weighted by Gasteiger charge is -2.13. The van der Waals surface area contributed by atoms with E-state index in [0.29, 0.717) is 17.1 Å². The monoisotopic (exact) mass is 468 g/mol. The van der Waals surface area contributed by atoms with Crippen molar-refractivity contribution < 1.29 is 23.6 Å². The minimum absolute atomic E-state index is 0.250. The number of nitrogens with zero attached hydrogens (tertiary/aromatic N) is 1. The standard InChI is InChI=1S/C27H24N2O3.CO2/c1-17-26(28-27(30)31-18(2)20-6-4-3-5-7-20)25(32-29-17)13-9-19-8-10-22-15-24(21-11-12-21)16-23(22)14-19;2-1-3/h3-8,10,14-15,18,21H,11-12,16H2,1-2H3,(H,28,30);. The van der Waals surface area contributed by atoms with Gasteiger partial charge in [0.15, 0.2) is 0 Å². The van der Waals surface area contributed by atoms with Gasteiger partial charge < -0.3 is 9.26 Å². The molecule has 1 aromatic heterocycles. The van der Waals surface area contributed by atoms with Gasteiger partial charge in [0.2, 0.25) is 5.76 Å². The second kappa shape index (κ2) is 10.7. The highest BCUT2D eigenvalue weighted by molar-refractivity contribution is 5.87. The molecule has 0 radical (unpaired) electrons. The number of nitrogens with one attached hydrogen (secondary N) is 1. The number of hydrogen-bond donors (Lipinski definition) is 1. The van der Waals surface area contributed by atoms with E-state index in [4.69, 9.17) is 18.8 Å². The molecule has 1 saturated carbocycles. The molecule has 1 atom stereocenters. The van der Waals surface area contributed by atoms with Crippen LogP contribution in [0.3, 0.4) is 0 Å². The molecule has 176 valence electrons. The molecule has 7 nitrogen and oxygen atoms in total. The summed E-state index contributed by atoms with van der Waals surface area (Å²) in [5.74, 6) is 7.25. The molecule has 0 saturated heterocycles. The summed E-state index contributed by atoms with van der Waals surface area (Å²) in [4.78, 5) is 28.7. The maximum atomic E-state index is 12.4. The fourth-order valence-electron chi connectivity index (χ4n) is 3.98. The summed E-state index contributed by atoms with van der Waals surface area (Å²) in [7, 11) is 0. The highest BCUT2D eigenvalue weighted by atomic mass is 16.6. The van der Waals surface area contributed by atoms with Crippen LogP contribution in [0.15, 0.2) is 58.6 Å². The van der Waals surface area contributed by atoms with Gasteiger partial charge in [0.25, 0.3) is 0 Å². The average Bonchev–Trinajstić information content (AvgIpc) is 3.54. The number of benzene rings is 2. The largest absolute Gasteiger partial charge is 0.441 e. The Morgan fingerprint density at radius 3 is 2.60 bits per heavy atom. The molecule has 1 fully saturated rings. The van der Waals surface area contributed by atoms with Crippen molar-refractivity contribution in [1.82, 2.24) is 5.16 Å². The Hall–Kier alpha value is -4.40. The fourth-order valence-corrected chi connectivity index (χ4v) is 3.98. The highest BCUT2D eigenvalue weighted by Crippen LogP contribution is 2.42. The topological polar surface area (TPSA) is 98.5 Å². The summed E-state index contributed by atoms with van der Waals surface area (Å²) < 4.78 is 10.8. The van der Waals surface area contributed by atoms with Gasteiger partial charge in [-0.2, -0.15) is 9.59 Å². The minimum Gasteiger partial charge on any atom is -0.441 e. The summed E-state index contributed by atoms with van der Waals surface area (Å²) >= 11 is 0. The molecule has 1 amide bonds. The molecule has 2 aromatic carbocycles. The van der Waals surface area contributed by atoms with Crippen LogP contribution in [0.1, 0.15) is 59.6 Å². The number of fused-ring (bicyclic) bond motifs is 1. The molecule has 2 aliphatic rings. The maximum Gasteiger partial charge on any atom is 0.412 e. The molecule has 1 N–H and O–H groups in total. The molecule has 5 rings (SSSR count). The van der Waals surface area contributed by atoms with Gasteiger partial charge in [-0.25, -0.2) is 4.79 Å². The van der Waals surface area contributed by atoms with E-state index in [1.54, 1.807) is 12.5 Å². The van der Waals surface area contributed by atoms with Gasteiger partial charge in [0, 0.05) is 5.56 Å². The van der Waals surface area contributed by atoms with Crippen molar-refractivity contribution in [1.29, 1.82) is 0 Å². The number of hydrogen-bond acceptors (Lipinski definition) is 6. The van der Waals surface area contributed by atoms with E-state index in [2.05, 4.69) is 40.5 Å². The third-order valence-corrected chi connectivity index (χ3v) is 5.94. The van der Waals surface area contributed by atoms with Crippen molar-refractivity contribution in [3.05, 3.63) is 87.8 Å². The van der Waals surface area contributed by atoms with Crippen molar-refractivity contribution in [2.75, 3.05) is 5.32 Å². The van der Waals surface area contributed by atoms with Crippen LogP contribution >= 0.6 is 0 Å². The molecule has 7 heteroatoms. The Labute approximate surface area is 203 Å². The number of carbonyl (C=O) groups excluding carboxylic acids is 3. The summed E-state index contributed by atoms with van der Waals surface area (Å²) in [6.45, 7) is 3.58. The molecule has 0 spiro atoms. The Bertz CT molecular complexity index is 1350. The average molecular weight is 469 g/mol. The predicted octanol–water partition coefficient (Wildman–Crippen LogP) is 5.46. The van der Waals surface area contributed by atoms with Crippen molar-refractivity contribution in [3.8, 4) is 11.8 Å². The lowest BCUT2D eigenvalue weighted by atomic mass is 10.0. The van der Waals surface area contributed by atoms with E-state index in [1.165, 1.54) is 24.0 Å². The molecular weight excluding hydrogens is 444 g/mol. The Kier molecular flexibility index (Phi) is 7.25. The first-order chi connectivity index (χ1) is 17.0. The van der Waals surface area contributed by atoms with Crippen LogP contribution in [0.2, 0.25) is 0 Å². The van der Waals surface area contributed by atoms with Crippen molar-refractivity contribution >= 4 is 24.0 Å². The number of aryl methyl sites for hydroxylation is 1. The van der Waals surface area contributed by atoms with Crippen molar-refractivity contribution in [2.45, 2.75) is 39.2 Å². The van der Waals surface area contributed by atoms with E-state index in [1.807, 2.05) is 43.3 Å². The number of anilines is 1. The molecule has 2 aliphatic carbocycles. The number of aromatic nitrogens is 1. The summed E-state index contributed by atoms with van der Waals surface area (Å²) in [6, 6.07) is 15.9. The van der Waals surface area contributed by atoms with Gasteiger partial charge in [-0.1, -0.05) is 59.1 Å². The van der Waals surface area contributed by atoms with E-state index in [-0.39, 0.29) is 12.3 Å². The van der Waals surface area contributed by atoms with Crippen molar-refractivity contribution in [2.24, 2.45) is 5.92 Å². The first-order valence-corrected chi connectivity index (χ1v) is 11.3. The third-order valence-electron chi connectivity index (χ3n) is 5.94. The van der Waals surface area contributed by atoms with Crippen LogP contribution < -0.4 is 5.32 Å². The maximum absolute atomic E-state index is 12.4. The van der Waals surface area contributed by atoms with E-state index in [9.17, 15) is 4.79 Å². The van der Waals surface area contributed by atoms with E-state index >= 15 is 0 Å². The molecule has 1 heterocycles. The molecule has 1 unspecified atom stereocenters. The van der Waals surface area contributed by atoms with Gasteiger partial charge in [-0.3, -0.25) is 5.32 Å². The van der Waals surface area contributed by atoms with Crippen LogP contribution in [0, 0.1) is 24.7 Å². The fraction of sp³-hybridized carbons (Fsp3) is 0.250. The van der Waals surface area contributed by atoms with Gasteiger partial charge >= 0.3 is 12.2 Å². The number of amides is 1. The Morgan fingerprint density at radius 2 is 1.89 bits per heavy atom.